The van der Waals surface area contributed by atoms with Crippen LogP contribution < -0.4 is 5.43 Å². The number of amides is 1. The largest absolute Gasteiger partial charge is 0.449 e. The van der Waals surface area contributed by atoms with Gasteiger partial charge in [-0.15, -0.1) is 0 Å². The van der Waals surface area contributed by atoms with Gasteiger partial charge in [-0.05, 0) is 25.3 Å². The third-order valence-corrected chi connectivity index (χ3v) is 3.43. The second-order valence-corrected chi connectivity index (χ2v) is 4.72. The monoisotopic (exact) mass is 264 g/mol. The lowest BCUT2D eigenvalue weighted by Gasteiger charge is -2.38. The zero-order valence-corrected chi connectivity index (χ0v) is 11.1. The van der Waals surface area contributed by atoms with Crippen LogP contribution >= 0.6 is 0 Å². The highest BCUT2D eigenvalue weighted by Gasteiger charge is 2.34. The summed E-state index contributed by atoms with van der Waals surface area (Å²) in [7, 11) is 0. The molecule has 1 aromatic rings. The van der Waals surface area contributed by atoms with E-state index in [1.165, 1.54) is 0 Å². The Morgan fingerprint density at radius 1 is 1.37 bits per heavy atom. The summed E-state index contributed by atoms with van der Waals surface area (Å²) in [5, 5.41) is 12.4. The highest BCUT2D eigenvalue weighted by atomic mass is 16.6. The molecule has 2 rings (SSSR count). The number of hydrazine groups is 1. The van der Waals surface area contributed by atoms with Gasteiger partial charge in [-0.25, -0.2) is 9.80 Å². The van der Waals surface area contributed by atoms with Crippen molar-refractivity contribution in [2.75, 3.05) is 19.7 Å². The summed E-state index contributed by atoms with van der Waals surface area (Å²) in [6.45, 7) is 3.33. The van der Waals surface area contributed by atoms with Crippen molar-refractivity contribution in [3.63, 3.8) is 0 Å². The van der Waals surface area contributed by atoms with Gasteiger partial charge in [0.15, 0.2) is 0 Å². The van der Waals surface area contributed by atoms with Crippen LogP contribution in [0.5, 0.6) is 0 Å². The molecule has 5 nitrogen and oxygen atoms in total. The molecule has 1 aliphatic heterocycles. The van der Waals surface area contributed by atoms with Gasteiger partial charge in [0.25, 0.3) is 0 Å². The van der Waals surface area contributed by atoms with E-state index in [1.807, 2.05) is 30.3 Å². The van der Waals surface area contributed by atoms with Crippen molar-refractivity contribution >= 4 is 6.09 Å². The van der Waals surface area contributed by atoms with E-state index in [0.717, 1.165) is 5.56 Å². The molecule has 5 heteroatoms. The number of piperidine rings is 1. The Morgan fingerprint density at radius 3 is 2.58 bits per heavy atom. The Kier molecular flexibility index (Phi) is 4.39. The molecule has 19 heavy (non-hydrogen) atoms. The van der Waals surface area contributed by atoms with E-state index in [4.69, 9.17) is 4.74 Å². The van der Waals surface area contributed by atoms with Crippen molar-refractivity contribution in [3.05, 3.63) is 35.9 Å². The summed E-state index contributed by atoms with van der Waals surface area (Å²) in [5.41, 5.74) is 2.81. The van der Waals surface area contributed by atoms with Crippen LogP contribution in [0.2, 0.25) is 0 Å². The van der Waals surface area contributed by atoms with Crippen LogP contribution in [-0.2, 0) is 10.3 Å². The van der Waals surface area contributed by atoms with E-state index >= 15 is 0 Å². The maximum absolute atomic E-state index is 11.3. The molecule has 1 saturated heterocycles. The fraction of sp³-hybridized carbons (Fsp3) is 0.500. The molecule has 1 heterocycles. The van der Waals surface area contributed by atoms with Crippen LogP contribution in [0.4, 0.5) is 4.79 Å². The zero-order chi connectivity index (χ0) is 13.7. The van der Waals surface area contributed by atoms with Crippen molar-refractivity contribution < 1.29 is 14.6 Å². The topological polar surface area (TPSA) is 61.8 Å². The Labute approximate surface area is 113 Å². The third-order valence-electron chi connectivity index (χ3n) is 3.43. The summed E-state index contributed by atoms with van der Waals surface area (Å²) in [6, 6.07) is 9.67. The SMILES string of the molecule is CCOC(=O)NN1CCC(O)(c2ccccc2)CC1. The van der Waals surface area contributed by atoms with Crippen LogP contribution in [-0.4, -0.2) is 35.9 Å². The van der Waals surface area contributed by atoms with Gasteiger partial charge >= 0.3 is 6.09 Å². The number of hydrogen-bond acceptors (Lipinski definition) is 4. The summed E-state index contributed by atoms with van der Waals surface area (Å²) >= 11 is 0. The number of carbonyl (C=O) groups excluding carboxylic acids is 1. The van der Waals surface area contributed by atoms with Crippen molar-refractivity contribution in [1.29, 1.82) is 0 Å². The highest BCUT2D eigenvalue weighted by Crippen LogP contribution is 2.31. The highest BCUT2D eigenvalue weighted by molar-refractivity contribution is 5.66. The Hall–Kier alpha value is -1.59. The second-order valence-electron chi connectivity index (χ2n) is 4.72. The smallest absolute Gasteiger partial charge is 0.421 e. The molecule has 0 aliphatic carbocycles. The molecule has 0 spiro atoms. The number of nitrogens with zero attached hydrogens (tertiary/aromatic N) is 1. The van der Waals surface area contributed by atoms with Crippen molar-refractivity contribution in [3.8, 4) is 0 Å². The van der Waals surface area contributed by atoms with Gasteiger partial charge in [-0.1, -0.05) is 30.3 Å². The molecular formula is C14H20N2O3. The first-order chi connectivity index (χ1) is 9.14. The molecule has 0 unspecified atom stereocenters. The van der Waals surface area contributed by atoms with Gasteiger partial charge in [0, 0.05) is 13.1 Å². The lowest BCUT2D eigenvalue weighted by atomic mass is 9.85. The minimum Gasteiger partial charge on any atom is -0.449 e. The van der Waals surface area contributed by atoms with E-state index < -0.39 is 11.7 Å². The maximum Gasteiger partial charge on any atom is 0.421 e. The second kappa shape index (κ2) is 6.04. The lowest BCUT2D eigenvalue weighted by molar-refractivity contribution is -0.0377. The molecule has 0 aromatic heterocycles. The Bertz CT molecular complexity index is 414. The standard InChI is InChI=1S/C14H20N2O3/c1-2-19-13(17)15-16-10-8-14(18,9-11-16)12-6-4-3-5-7-12/h3-7,18H,2,8-11H2,1H3,(H,15,17). The molecule has 0 saturated carbocycles. The number of carbonyl (C=O) groups is 1. The molecule has 1 aliphatic rings. The predicted molar refractivity (Wildman–Crippen MR) is 71.3 cm³/mol. The lowest BCUT2D eigenvalue weighted by Crippen LogP contribution is -2.50. The molecule has 1 amide bonds. The molecule has 0 atom stereocenters. The molecule has 1 fully saturated rings. The van der Waals surface area contributed by atoms with Crippen LogP contribution in [0.3, 0.4) is 0 Å². The number of aliphatic hydroxyl groups is 1. The predicted octanol–water partition coefficient (Wildman–Crippen LogP) is 1.63. The minimum atomic E-state index is -0.798. The van der Waals surface area contributed by atoms with E-state index in [1.54, 1.807) is 11.9 Å². The molecule has 0 bridgehead atoms. The number of benzene rings is 1. The Balaban J connectivity index is 1.90. The first-order valence-electron chi connectivity index (χ1n) is 6.60. The Morgan fingerprint density at radius 2 is 2.00 bits per heavy atom. The van der Waals surface area contributed by atoms with Gasteiger partial charge in [-0.3, -0.25) is 5.43 Å². The number of rotatable bonds is 3. The number of hydrogen-bond donors (Lipinski definition) is 2. The average Bonchev–Trinajstić information content (AvgIpc) is 2.43. The van der Waals surface area contributed by atoms with Gasteiger partial charge < -0.3 is 9.84 Å². The van der Waals surface area contributed by atoms with Crippen molar-refractivity contribution in [2.45, 2.75) is 25.4 Å². The zero-order valence-electron chi connectivity index (χ0n) is 11.1. The summed E-state index contributed by atoms with van der Waals surface area (Å²) < 4.78 is 4.83. The molecular weight excluding hydrogens is 244 g/mol. The summed E-state index contributed by atoms with van der Waals surface area (Å²) in [4.78, 5) is 11.3. The van der Waals surface area contributed by atoms with E-state index in [0.29, 0.717) is 32.5 Å². The van der Waals surface area contributed by atoms with E-state index in [-0.39, 0.29) is 0 Å². The molecule has 2 N–H and O–H groups in total. The number of ether oxygens (including phenoxy) is 1. The normalized spacial score (nSPS) is 18.8. The molecule has 1 aromatic carbocycles. The fourth-order valence-electron chi connectivity index (χ4n) is 2.32. The minimum absolute atomic E-state index is 0.355. The van der Waals surface area contributed by atoms with Crippen molar-refractivity contribution in [1.82, 2.24) is 10.4 Å². The van der Waals surface area contributed by atoms with Crippen molar-refractivity contribution in [2.24, 2.45) is 0 Å². The fourth-order valence-corrected chi connectivity index (χ4v) is 2.32. The number of nitrogens with one attached hydrogen (secondary N) is 1. The summed E-state index contributed by atoms with van der Waals surface area (Å²) in [6.07, 6.45) is 0.736. The first-order valence-corrected chi connectivity index (χ1v) is 6.60. The first kappa shape index (κ1) is 13.8. The third kappa shape index (κ3) is 3.45. The molecule has 104 valence electrons. The maximum atomic E-state index is 11.3. The van der Waals surface area contributed by atoms with Crippen LogP contribution in [0, 0.1) is 0 Å². The average molecular weight is 264 g/mol. The van der Waals surface area contributed by atoms with Gasteiger partial charge in [0.05, 0.1) is 12.2 Å². The van der Waals surface area contributed by atoms with Crippen LogP contribution in [0.15, 0.2) is 30.3 Å². The van der Waals surface area contributed by atoms with Crippen LogP contribution in [0.1, 0.15) is 25.3 Å². The molecule has 0 radical (unpaired) electrons. The van der Waals surface area contributed by atoms with Crippen LogP contribution in [0.25, 0.3) is 0 Å². The summed E-state index contributed by atoms with van der Waals surface area (Å²) in [5.74, 6) is 0. The van der Waals surface area contributed by atoms with Gasteiger partial charge in [0.1, 0.15) is 0 Å². The van der Waals surface area contributed by atoms with Gasteiger partial charge in [-0.2, -0.15) is 0 Å². The van der Waals surface area contributed by atoms with E-state index in [2.05, 4.69) is 5.43 Å². The quantitative estimate of drug-likeness (QED) is 0.871. The van der Waals surface area contributed by atoms with Gasteiger partial charge in [0.2, 0.25) is 0 Å². The van der Waals surface area contributed by atoms with E-state index in [9.17, 15) is 9.90 Å².